The highest BCUT2D eigenvalue weighted by Gasteiger charge is 2.24. The predicted octanol–water partition coefficient (Wildman–Crippen LogP) is 1.56. The Kier molecular flexibility index (Phi) is 5.81. The van der Waals surface area contributed by atoms with Crippen LogP contribution in [-0.2, 0) is 0 Å². The fourth-order valence-corrected chi connectivity index (χ4v) is 3.45. The van der Waals surface area contributed by atoms with Gasteiger partial charge >= 0.3 is 0 Å². The first-order valence-corrected chi connectivity index (χ1v) is 8.40. The van der Waals surface area contributed by atoms with Crippen molar-refractivity contribution in [2.45, 2.75) is 32.6 Å². The van der Waals surface area contributed by atoms with Gasteiger partial charge in [0.2, 0.25) is 0 Å². The van der Waals surface area contributed by atoms with Crippen molar-refractivity contribution in [1.82, 2.24) is 9.88 Å². The molecule has 1 fully saturated rings. The zero-order chi connectivity index (χ0) is 15.2. The summed E-state index contributed by atoms with van der Waals surface area (Å²) in [6.07, 6.45) is 4.25. The number of aromatic nitrogens is 1. The highest BCUT2D eigenvalue weighted by molar-refractivity contribution is 7.18. The molecular weight excluding hydrogens is 288 g/mol. The molecule has 1 aromatic rings. The van der Waals surface area contributed by atoms with Gasteiger partial charge in [0.05, 0.1) is 6.61 Å². The summed E-state index contributed by atoms with van der Waals surface area (Å²) >= 11 is 1.37. The molecule has 0 aliphatic carbocycles. The SMILES string of the molecule is CCCCN(CCO)C(=O)c1sc(N2CCCC2)nc1N. The molecule has 0 atom stereocenters. The maximum absolute atomic E-state index is 12.6. The van der Waals surface area contributed by atoms with Gasteiger partial charge in [-0.15, -0.1) is 0 Å². The van der Waals surface area contributed by atoms with Gasteiger partial charge in [0, 0.05) is 26.2 Å². The Bertz CT molecular complexity index is 472. The van der Waals surface area contributed by atoms with Crippen LogP contribution in [0.3, 0.4) is 0 Å². The van der Waals surface area contributed by atoms with Gasteiger partial charge in [0.15, 0.2) is 5.13 Å². The first-order valence-electron chi connectivity index (χ1n) is 7.58. The molecule has 0 unspecified atom stereocenters. The monoisotopic (exact) mass is 312 g/mol. The van der Waals surface area contributed by atoms with E-state index in [0.29, 0.717) is 23.8 Å². The van der Waals surface area contributed by atoms with Crippen molar-refractivity contribution in [2.75, 3.05) is 43.4 Å². The Morgan fingerprint density at radius 1 is 1.43 bits per heavy atom. The molecule has 7 heteroatoms. The molecule has 3 N–H and O–H groups in total. The van der Waals surface area contributed by atoms with Crippen LogP contribution >= 0.6 is 11.3 Å². The minimum atomic E-state index is -0.113. The van der Waals surface area contributed by atoms with Crippen LogP contribution in [0.4, 0.5) is 10.9 Å². The summed E-state index contributed by atoms with van der Waals surface area (Å²) in [6.45, 7) is 5.00. The summed E-state index contributed by atoms with van der Waals surface area (Å²) in [7, 11) is 0. The second kappa shape index (κ2) is 7.61. The van der Waals surface area contributed by atoms with Crippen molar-refractivity contribution in [2.24, 2.45) is 0 Å². The summed E-state index contributed by atoms with van der Waals surface area (Å²) in [4.78, 5) is 21.3. The van der Waals surface area contributed by atoms with E-state index in [0.717, 1.165) is 43.9 Å². The van der Waals surface area contributed by atoms with E-state index in [-0.39, 0.29) is 12.5 Å². The molecule has 0 aromatic carbocycles. The third kappa shape index (κ3) is 3.85. The number of carbonyl (C=O) groups excluding carboxylic acids is 1. The number of rotatable bonds is 7. The number of hydrogen-bond acceptors (Lipinski definition) is 6. The number of nitrogens with two attached hydrogens (primary N) is 1. The van der Waals surface area contributed by atoms with Crippen molar-refractivity contribution in [1.29, 1.82) is 0 Å². The number of nitrogens with zero attached hydrogens (tertiary/aromatic N) is 3. The number of unbranched alkanes of at least 4 members (excludes halogenated alkanes) is 1. The molecule has 1 amide bonds. The first-order chi connectivity index (χ1) is 10.2. The average molecular weight is 312 g/mol. The summed E-state index contributed by atoms with van der Waals surface area (Å²) in [6, 6.07) is 0. The molecule has 1 saturated heterocycles. The Morgan fingerprint density at radius 2 is 2.14 bits per heavy atom. The Morgan fingerprint density at radius 3 is 2.76 bits per heavy atom. The molecule has 2 heterocycles. The molecule has 1 aliphatic heterocycles. The fraction of sp³-hybridized carbons (Fsp3) is 0.714. The van der Waals surface area contributed by atoms with E-state index in [1.807, 2.05) is 0 Å². The molecule has 0 radical (unpaired) electrons. The molecule has 0 bridgehead atoms. The van der Waals surface area contributed by atoms with E-state index in [9.17, 15) is 4.79 Å². The van der Waals surface area contributed by atoms with E-state index < -0.39 is 0 Å². The maximum Gasteiger partial charge on any atom is 0.267 e. The van der Waals surface area contributed by atoms with Gasteiger partial charge in [0.25, 0.3) is 5.91 Å². The lowest BCUT2D eigenvalue weighted by atomic mass is 10.3. The minimum Gasteiger partial charge on any atom is -0.395 e. The summed E-state index contributed by atoms with van der Waals surface area (Å²) in [5, 5.41) is 9.97. The molecule has 1 aromatic heterocycles. The summed E-state index contributed by atoms with van der Waals surface area (Å²) in [5.41, 5.74) is 5.94. The van der Waals surface area contributed by atoms with Crippen molar-refractivity contribution in [3.8, 4) is 0 Å². The Balaban J connectivity index is 2.12. The molecular formula is C14H24N4O2S. The number of amides is 1. The third-order valence-corrected chi connectivity index (χ3v) is 4.77. The molecule has 21 heavy (non-hydrogen) atoms. The second-order valence-electron chi connectivity index (χ2n) is 5.27. The smallest absolute Gasteiger partial charge is 0.267 e. The van der Waals surface area contributed by atoms with Gasteiger partial charge in [-0.1, -0.05) is 24.7 Å². The second-order valence-corrected chi connectivity index (χ2v) is 6.25. The molecule has 0 saturated carbocycles. The van der Waals surface area contributed by atoms with E-state index >= 15 is 0 Å². The van der Waals surface area contributed by atoms with Crippen molar-refractivity contribution in [3.05, 3.63) is 4.88 Å². The van der Waals surface area contributed by atoms with Crippen LogP contribution in [0.15, 0.2) is 0 Å². The van der Waals surface area contributed by atoms with Gasteiger partial charge in [-0.25, -0.2) is 4.98 Å². The van der Waals surface area contributed by atoms with E-state index in [2.05, 4.69) is 16.8 Å². The van der Waals surface area contributed by atoms with Gasteiger partial charge in [-0.3, -0.25) is 4.79 Å². The van der Waals surface area contributed by atoms with Crippen molar-refractivity contribution in [3.63, 3.8) is 0 Å². The normalized spacial score (nSPS) is 14.7. The number of carbonyl (C=O) groups is 1. The van der Waals surface area contributed by atoms with Crippen LogP contribution in [0.1, 0.15) is 42.3 Å². The van der Waals surface area contributed by atoms with Gasteiger partial charge in [-0.2, -0.15) is 0 Å². The molecule has 0 spiro atoms. The molecule has 2 rings (SSSR count). The molecule has 6 nitrogen and oxygen atoms in total. The van der Waals surface area contributed by atoms with Gasteiger partial charge < -0.3 is 20.6 Å². The lowest BCUT2D eigenvalue weighted by molar-refractivity contribution is 0.0725. The van der Waals surface area contributed by atoms with Gasteiger partial charge in [-0.05, 0) is 19.3 Å². The largest absolute Gasteiger partial charge is 0.395 e. The predicted molar refractivity (Wildman–Crippen MR) is 85.9 cm³/mol. The lowest BCUT2D eigenvalue weighted by Gasteiger charge is -2.20. The number of anilines is 2. The zero-order valence-electron chi connectivity index (χ0n) is 12.5. The lowest BCUT2D eigenvalue weighted by Crippen LogP contribution is -2.34. The first kappa shape index (κ1) is 16.0. The summed E-state index contributed by atoms with van der Waals surface area (Å²) in [5.74, 6) is 0.198. The van der Waals surface area contributed by atoms with Crippen LogP contribution in [0.25, 0.3) is 0 Å². The van der Waals surface area contributed by atoms with Crippen molar-refractivity contribution >= 4 is 28.2 Å². The number of nitrogen functional groups attached to an aromatic ring is 1. The number of aliphatic hydroxyl groups excluding tert-OH is 1. The maximum atomic E-state index is 12.6. The Labute approximate surface area is 129 Å². The third-order valence-electron chi connectivity index (χ3n) is 3.65. The molecule has 118 valence electrons. The fourth-order valence-electron chi connectivity index (χ4n) is 2.45. The number of thiazole rings is 1. The highest BCUT2D eigenvalue weighted by Crippen LogP contribution is 2.31. The average Bonchev–Trinajstić information content (AvgIpc) is 3.11. The van der Waals surface area contributed by atoms with Crippen LogP contribution in [0.2, 0.25) is 0 Å². The zero-order valence-corrected chi connectivity index (χ0v) is 13.4. The highest BCUT2D eigenvalue weighted by atomic mass is 32.1. The van der Waals surface area contributed by atoms with Gasteiger partial charge in [0.1, 0.15) is 10.7 Å². The van der Waals surface area contributed by atoms with Crippen LogP contribution in [-0.4, -0.2) is 53.7 Å². The Hall–Kier alpha value is -1.34. The van der Waals surface area contributed by atoms with Crippen LogP contribution in [0.5, 0.6) is 0 Å². The number of aliphatic hydroxyl groups is 1. The number of hydrogen-bond donors (Lipinski definition) is 2. The van der Waals surface area contributed by atoms with E-state index in [1.54, 1.807) is 4.90 Å². The van der Waals surface area contributed by atoms with E-state index in [1.165, 1.54) is 11.3 Å². The minimum absolute atomic E-state index is 0.0346. The topological polar surface area (TPSA) is 82.7 Å². The molecule has 1 aliphatic rings. The standard InChI is InChI=1S/C14H24N4O2S/c1-2-3-6-17(9-10-19)13(20)11-12(15)16-14(21-11)18-7-4-5-8-18/h19H,2-10,15H2,1H3. The van der Waals surface area contributed by atoms with Crippen molar-refractivity contribution < 1.29 is 9.90 Å². The van der Waals surface area contributed by atoms with E-state index in [4.69, 9.17) is 10.8 Å². The van der Waals surface area contributed by atoms with Crippen LogP contribution in [0, 0.1) is 0 Å². The van der Waals surface area contributed by atoms with Crippen LogP contribution < -0.4 is 10.6 Å². The summed E-state index contributed by atoms with van der Waals surface area (Å²) < 4.78 is 0. The quantitative estimate of drug-likeness (QED) is 0.798.